The lowest BCUT2D eigenvalue weighted by molar-refractivity contribution is -0.128. The van der Waals surface area contributed by atoms with Gasteiger partial charge < -0.3 is 10.2 Å². The van der Waals surface area contributed by atoms with Crippen molar-refractivity contribution in [1.29, 1.82) is 0 Å². The first-order valence-corrected chi connectivity index (χ1v) is 7.63. The van der Waals surface area contributed by atoms with Crippen molar-refractivity contribution in [2.45, 2.75) is 44.9 Å². The molecular formula is C15H26N2O2. The van der Waals surface area contributed by atoms with E-state index in [4.69, 9.17) is 0 Å². The topological polar surface area (TPSA) is 49.4 Å². The van der Waals surface area contributed by atoms with Gasteiger partial charge in [-0.25, -0.2) is 0 Å². The number of Topliss-reactive ketones (excluding diaryl/α,β-unsaturated/α-hetero) is 1. The molecule has 0 aromatic heterocycles. The average molecular weight is 266 g/mol. The van der Waals surface area contributed by atoms with E-state index < -0.39 is 0 Å². The van der Waals surface area contributed by atoms with Crippen molar-refractivity contribution < 1.29 is 9.59 Å². The minimum atomic E-state index is 0.0789. The summed E-state index contributed by atoms with van der Waals surface area (Å²) in [6.45, 7) is 3.17. The maximum Gasteiger partial charge on any atom is 0.223 e. The van der Waals surface area contributed by atoms with E-state index >= 15 is 0 Å². The molecular weight excluding hydrogens is 240 g/mol. The number of nitrogens with zero attached hydrogens (tertiary/aromatic N) is 1. The third-order valence-electron chi connectivity index (χ3n) is 4.60. The Balaban J connectivity index is 1.60. The van der Waals surface area contributed by atoms with Gasteiger partial charge in [0.2, 0.25) is 5.91 Å². The van der Waals surface area contributed by atoms with E-state index in [1.165, 1.54) is 25.9 Å². The van der Waals surface area contributed by atoms with E-state index in [0.717, 1.165) is 31.7 Å². The number of likely N-dealkylation sites (tertiary alicyclic amines) is 1. The number of ketones is 1. The van der Waals surface area contributed by atoms with Gasteiger partial charge in [0.05, 0.1) is 0 Å². The van der Waals surface area contributed by atoms with Gasteiger partial charge in [-0.05, 0) is 58.2 Å². The molecule has 0 aromatic carbocycles. The van der Waals surface area contributed by atoms with Crippen LogP contribution in [0.5, 0.6) is 0 Å². The summed E-state index contributed by atoms with van der Waals surface area (Å²) in [4.78, 5) is 25.5. The Morgan fingerprint density at radius 1 is 1.21 bits per heavy atom. The molecule has 1 amide bonds. The monoisotopic (exact) mass is 266 g/mol. The summed E-state index contributed by atoms with van der Waals surface area (Å²) >= 11 is 0. The van der Waals surface area contributed by atoms with Gasteiger partial charge in [-0.15, -0.1) is 0 Å². The first-order chi connectivity index (χ1) is 9.15. The molecule has 1 N–H and O–H groups in total. The summed E-state index contributed by atoms with van der Waals surface area (Å²) in [5, 5.41) is 3.06. The van der Waals surface area contributed by atoms with Gasteiger partial charge in [-0.2, -0.15) is 0 Å². The van der Waals surface area contributed by atoms with Crippen LogP contribution in [-0.2, 0) is 9.59 Å². The van der Waals surface area contributed by atoms with E-state index in [-0.39, 0.29) is 11.8 Å². The second-order valence-electron chi connectivity index (χ2n) is 6.14. The third-order valence-corrected chi connectivity index (χ3v) is 4.60. The summed E-state index contributed by atoms with van der Waals surface area (Å²) < 4.78 is 0. The zero-order chi connectivity index (χ0) is 13.7. The Morgan fingerprint density at radius 2 is 1.84 bits per heavy atom. The van der Waals surface area contributed by atoms with Crippen LogP contribution < -0.4 is 5.32 Å². The van der Waals surface area contributed by atoms with Gasteiger partial charge in [0.15, 0.2) is 0 Å². The fourth-order valence-electron chi connectivity index (χ4n) is 3.10. The minimum Gasteiger partial charge on any atom is -0.356 e. The highest BCUT2D eigenvalue weighted by Crippen LogP contribution is 2.22. The highest BCUT2D eigenvalue weighted by molar-refractivity contribution is 5.84. The van der Waals surface area contributed by atoms with Gasteiger partial charge in [-0.3, -0.25) is 9.59 Å². The molecule has 0 aromatic rings. The molecule has 1 heterocycles. The second kappa shape index (κ2) is 7.04. The van der Waals surface area contributed by atoms with Crippen molar-refractivity contribution in [2.75, 3.05) is 26.7 Å². The zero-order valence-corrected chi connectivity index (χ0v) is 12.0. The highest BCUT2D eigenvalue weighted by Gasteiger charge is 2.24. The van der Waals surface area contributed by atoms with E-state index in [9.17, 15) is 9.59 Å². The lowest BCUT2D eigenvalue weighted by Gasteiger charge is -2.29. The molecule has 0 atom stereocenters. The third kappa shape index (κ3) is 4.60. The Hall–Kier alpha value is -0.900. The number of rotatable bonds is 4. The molecule has 1 aliphatic heterocycles. The predicted octanol–water partition coefficient (Wildman–Crippen LogP) is 1.59. The molecule has 2 rings (SSSR count). The van der Waals surface area contributed by atoms with Gasteiger partial charge in [0, 0.05) is 25.3 Å². The first-order valence-electron chi connectivity index (χ1n) is 7.63. The summed E-state index contributed by atoms with van der Waals surface area (Å²) in [5.74, 6) is 1.33. The average Bonchev–Trinajstić information content (AvgIpc) is 2.41. The van der Waals surface area contributed by atoms with Gasteiger partial charge in [0.25, 0.3) is 0 Å². The van der Waals surface area contributed by atoms with E-state index in [0.29, 0.717) is 18.6 Å². The van der Waals surface area contributed by atoms with Crippen LogP contribution in [0.2, 0.25) is 0 Å². The lowest BCUT2D eigenvalue weighted by atomic mass is 9.87. The summed E-state index contributed by atoms with van der Waals surface area (Å²) in [7, 11) is 2.17. The van der Waals surface area contributed by atoms with E-state index in [2.05, 4.69) is 17.3 Å². The number of carbonyl (C=O) groups excluding carboxylic acids is 2. The first kappa shape index (κ1) is 14.5. The molecule has 2 aliphatic rings. The van der Waals surface area contributed by atoms with Crippen LogP contribution in [0.3, 0.4) is 0 Å². The fraction of sp³-hybridized carbons (Fsp3) is 0.867. The van der Waals surface area contributed by atoms with Crippen molar-refractivity contribution in [3.05, 3.63) is 0 Å². The summed E-state index contributed by atoms with van der Waals surface area (Å²) in [5.41, 5.74) is 0. The predicted molar refractivity (Wildman–Crippen MR) is 74.8 cm³/mol. The van der Waals surface area contributed by atoms with Crippen LogP contribution in [-0.4, -0.2) is 43.3 Å². The van der Waals surface area contributed by atoms with E-state index in [1.54, 1.807) is 0 Å². The fourth-order valence-corrected chi connectivity index (χ4v) is 3.10. The SMILES string of the molecule is CN1CCC(CCNC(=O)C2CCC(=O)CC2)CC1. The van der Waals surface area contributed by atoms with Crippen molar-refractivity contribution in [3.63, 3.8) is 0 Å². The largest absolute Gasteiger partial charge is 0.356 e. The smallest absolute Gasteiger partial charge is 0.223 e. The molecule has 0 radical (unpaired) electrons. The number of hydrogen-bond donors (Lipinski definition) is 1. The molecule has 0 spiro atoms. The molecule has 4 heteroatoms. The van der Waals surface area contributed by atoms with Gasteiger partial charge in [-0.1, -0.05) is 0 Å². The van der Waals surface area contributed by atoms with Crippen molar-refractivity contribution in [1.82, 2.24) is 10.2 Å². The van der Waals surface area contributed by atoms with Crippen molar-refractivity contribution in [2.24, 2.45) is 11.8 Å². The van der Waals surface area contributed by atoms with Gasteiger partial charge in [0.1, 0.15) is 5.78 Å². The van der Waals surface area contributed by atoms with Crippen LogP contribution in [0.1, 0.15) is 44.9 Å². The molecule has 1 saturated carbocycles. The Morgan fingerprint density at radius 3 is 2.47 bits per heavy atom. The van der Waals surface area contributed by atoms with Crippen LogP contribution in [0, 0.1) is 11.8 Å². The Kier molecular flexibility index (Phi) is 5.37. The van der Waals surface area contributed by atoms with Crippen LogP contribution in [0.4, 0.5) is 0 Å². The summed E-state index contributed by atoms with van der Waals surface area (Å²) in [6.07, 6.45) is 6.29. The van der Waals surface area contributed by atoms with E-state index in [1.807, 2.05) is 0 Å². The number of nitrogens with one attached hydrogen (secondary N) is 1. The molecule has 0 bridgehead atoms. The molecule has 108 valence electrons. The molecule has 0 unspecified atom stereocenters. The number of hydrogen-bond acceptors (Lipinski definition) is 3. The highest BCUT2D eigenvalue weighted by atomic mass is 16.2. The number of carbonyl (C=O) groups is 2. The minimum absolute atomic E-state index is 0.0789. The summed E-state index contributed by atoms with van der Waals surface area (Å²) in [6, 6.07) is 0. The van der Waals surface area contributed by atoms with Crippen LogP contribution in [0.25, 0.3) is 0 Å². The quantitative estimate of drug-likeness (QED) is 0.840. The molecule has 1 saturated heterocycles. The molecule has 19 heavy (non-hydrogen) atoms. The Labute approximate surface area is 115 Å². The maximum atomic E-state index is 12.0. The molecule has 4 nitrogen and oxygen atoms in total. The molecule has 1 aliphatic carbocycles. The Bertz CT molecular complexity index is 312. The zero-order valence-electron chi connectivity index (χ0n) is 12.0. The van der Waals surface area contributed by atoms with Crippen molar-refractivity contribution >= 4 is 11.7 Å². The molecule has 2 fully saturated rings. The maximum absolute atomic E-state index is 12.0. The van der Waals surface area contributed by atoms with Gasteiger partial charge >= 0.3 is 0 Å². The van der Waals surface area contributed by atoms with Crippen LogP contribution >= 0.6 is 0 Å². The van der Waals surface area contributed by atoms with Crippen molar-refractivity contribution in [3.8, 4) is 0 Å². The standard InChI is InChI=1S/C15H26N2O2/c1-17-10-7-12(8-11-17)6-9-16-15(19)13-2-4-14(18)5-3-13/h12-13H,2-11H2,1H3,(H,16,19). The van der Waals surface area contributed by atoms with Crippen LogP contribution in [0.15, 0.2) is 0 Å². The number of amides is 1. The normalized spacial score (nSPS) is 23.5. The number of piperidine rings is 1. The second-order valence-corrected chi connectivity index (χ2v) is 6.14. The lowest BCUT2D eigenvalue weighted by Crippen LogP contribution is -2.36.